The summed E-state index contributed by atoms with van der Waals surface area (Å²) in [5, 5.41) is 0.344. The lowest BCUT2D eigenvalue weighted by atomic mass is 9.85. The highest BCUT2D eigenvalue weighted by molar-refractivity contribution is 7.89. The highest BCUT2D eigenvalue weighted by Crippen LogP contribution is 2.35. The van der Waals surface area contributed by atoms with E-state index in [9.17, 15) is 22.8 Å². The van der Waals surface area contributed by atoms with Crippen molar-refractivity contribution in [1.82, 2.24) is 14.1 Å². The van der Waals surface area contributed by atoms with Crippen LogP contribution in [-0.4, -0.2) is 73.0 Å². The predicted octanol–water partition coefficient (Wildman–Crippen LogP) is 1.51. The van der Waals surface area contributed by atoms with Crippen LogP contribution in [0.5, 0.6) is 0 Å². The Morgan fingerprint density at radius 3 is 2.19 bits per heavy atom. The summed E-state index contributed by atoms with van der Waals surface area (Å²) in [6.07, 6.45) is 5.05. The Bertz CT molecular complexity index is 1010. The molecule has 0 spiro atoms. The third-order valence-electron chi connectivity index (χ3n) is 6.17. The number of hydrogen-bond acceptors (Lipinski definition) is 5. The van der Waals surface area contributed by atoms with E-state index in [4.69, 9.17) is 11.6 Å². The van der Waals surface area contributed by atoms with Crippen LogP contribution in [0.1, 0.15) is 19.3 Å². The van der Waals surface area contributed by atoms with Crippen molar-refractivity contribution in [2.45, 2.75) is 24.2 Å². The van der Waals surface area contributed by atoms with Crippen molar-refractivity contribution in [3.8, 4) is 0 Å². The molecule has 166 valence electrons. The van der Waals surface area contributed by atoms with E-state index < -0.39 is 10.0 Å². The maximum absolute atomic E-state index is 12.8. The van der Waals surface area contributed by atoms with E-state index in [-0.39, 0.29) is 73.6 Å². The quantitative estimate of drug-likeness (QED) is 0.485. The largest absolute Gasteiger partial charge is 0.340 e. The molecule has 31 heavy (non-hydrogen) atoms. The Labute approximate surface area is 186 Å². The molecule has 0 saturated carbocycles. The molecule has 10 heteroatoms. The lowest BCUT2D eigenvalue weighted by molar-refractivity contribution is -0.141. The summed E-state index contributed by atoms with van der Waals surface area (Å²) >= 11 is 5.91. The summed E-state index contributed by atoms with van der Waals surface area (Å²) in [7, 11) is -3.68. The number of hydrogen-bond donors (Lipinski definition) is 0. The first kappa shape index (κ1) is 22.0. The number of amides is 3. The standard InChI is InChI=1S/C21H24ClN3O5S/c22-15-4-3-5-16(14-15)31(29,30)24-12-10-23(11-13-24)19(26)8-9-25-20(27)17-6-1-2-7-18(17)21(25)28/h1-5,14,17-18H,6-13H2/t17-,18+. The first-order valence-corrected chi connectivity index (χ1v) is 12.1. The van der Waals surface area contributed by atoms with Crippen LogP contribution in [0.2, 0.25) is 5.02 Å². The van der Waals surface area contributed by atoms with Crippen LogP contribution in [0.4, 0.5) is 0 Å². The van der Waals surface area contributed by atoms with Crippen LogP contribution in [0.3, 0.4) is 0 Å². The van der Waals surface area contributed by atoms with E-state index in [1.54, 1.807) is 17.0 Å². The number of nitrogens with zero attached hydrogens (tertiary/aromatic N) is 3. The van der Waals surface area contributed by atoms with Crippen LogP contribution in [0.15, 0.2) is 41.3 Å². The first-order valence-electron chi connectivity index (χ1n) is 10.3. The second-order valence-corrected chi connectivity index (χ2v) is 10.4. The average molecular weight is 466 g/mol. The van der Waals surface area contributed by atoms with Gasteiger partial charge in [0.25, 0.3) is 0 Å². The fourth-order valence-corrected chi connectivity index (χ4v) is 6.13. The number of likely N-dealkylation sites (tertiary alicyclic amines) is 1. The van der Waals surface area contributed by atoms with Gasteiger partial charge in [0.05, 0.1) is 16.7 Å². The van der Waals surface area contributed by atoms with Crippen LogP contribution < -0.4 is 0 Å². The van der Waals surface area contributed by atoms with E-state index in [2.05, 4.69) is 0 Å². The molecule has 2 saturated heterocycles. The number of allylic oxidation sites excluding steroid dienone is 2. The highest BCUT2D eigenvalue weighted by Gasteiger charge is 2.47. The molecule has 0 N–H and O–H groups in total. The van der Waals surface area contributed by atoms with Crippen LogP contribution >= 0.6 is 11.6 Å². The second-order valence-electron chi connectivity index (χ2n) is 7.98. The van der Waals surface area contributed by atoms with E-state index in [1.807, 2.05) is 12.2 Å². The summed E-state index contributed by atoms with van der Waals surface area (Å²) in [4.78, 5) is 40.6. The molecule has 2 fully saturated rings. The maximum Gasteiger partial charge on any atom is 0.243 e. The van der Waals surface area contributed by atoms with Gasteiger partial charge >= 0.3 is 0 Å². The fraction of sp³-hybridized carbons (Fsp3) is 0.476. The Hall–Kier alpha value is -2.23. The van der Waals surface area contributed by atoms with Crippen molar-refractivity contribution in [1.29, 1.82) is 0 Å². The van der Waals surface area contributed by atoms with Gasteiger partial charge < -0.3 is 4.90 Å². The molecule has 2 atom stereocenters. The van der Waals surface area contributed by atoms with Crippen molar-refractivity contribution in [2.75, 3.05) is 32.7 Å². The molecular formula is C21H24ClN3O5S. The van der Waals surface area contributed by atoms with Crippen molar-refractivity contribution < 1.29 is 22.8 Å². The van der Waals surface area contributed by atoms with Gasteiger partial charge in [0.15, 0.2) is 0 Å². The summed E-state index contributed by atoms with van der Waals surface area (Å²) < 4.78 is 26.9. The molecular weight excluding hydrogens is 442 g/mol. The fourth-order valence-electron chi connectivity index (χ4n) is 4.41. The lowest BCUT2D eigenvalue weighted by Crippen LogP contribution is -2.51. The smallest absolute Gasteiger partial charge is 0.243 e. The van der Waals surface area contributed by atoms with E-state index in [0.29, 0.717) is 17.9 Å². The molecule has 0 unspecified atom stereocenters. The molecule has 1 aliphatic carbocycles. The topological polar surface area (TPSA) is 95.1 Å². The van der Waals surface area contributed by atoms with Gasteiger partial charge in [0.2, 0.25) is 27.7 Å². The SMILES string of the molecule is O=C(CCN1C(=O)[C@H]2CC=CC[C@H]2C1=O)N1CCN(S(=O)(=O)c2cccc(Cl)c2)CC1. The second kappa shape index (κ2) is 8.72. The highest BCUT2D eigenvalue weighted by atomic mass is 35.5. The Morgan fingerprint density at radius 1 is 1.00 bits per heavy atom. The minimum absolute atomic E-state index is 0.0470. The number of carbonyl (C=O) groups is 3. The van der Waals surface area contributed by atoms with Crippen LogP contribution in [-0.2, 0) is 24.4 Å². The van der Waals surface area contributed by atoms with E-state index in [0.717, 1.165) is 0 Å². The van der Waals surface area contributed by atoms with Gasteiger partial charge in [-0.1, -0.05) is 29.8 Å². The van der Waals surface area contributed by atoms with Crippen molar-refractivity contribution in [3.63, 3.8) is 0 Å². The van der Waals surface area contributed by atoms with E-state index in [1.165, 1.54) is 21.3 Å². The molecule has 3 amide bonds. The number of fused-ring (bicyclic) bond motifs is 1. The zero-order valence-corrected chi connectivity index (χ0v) is 18.5. The molecule has 8 nitrogen and oxygen atoms in total. The molecule has 0 bridgehead atoms. The number of benzene rings is 1. The lowest BCUT2D eigenvalue weighted by Gasteiger charge is -2.34. The average Bonchev–Trinajstić information content (AvgIpc) is 3.02. The number of piperazine rings is 1. The molecule has 1 aromatic carbocycles. The molecule has 0 aromatic heterocycles. The van der Waals surface area contributed by atoms with Gasteiger partial charge in [-0.2, -0.15) is 4.31 Å². The number of sulfonamides is 1. The summed E-state index contributed by atoms with van der Waals surface area (Å²) in [6, 6.07) is 6.10. The van der Waals surface area contributed by atoms with Crippen molar-refractivity contribution >= 4 is 39.3 Å². The maximum atomic E-state index is 12.8. The van der Waals surface area contributed by atoms with E-state index >= 15 is 0 Å². The molecule has 2 aliphatic heterocycles. The Morgan fingerprint density at radius 2 is 1.61 bits per heavy atom. The zero-order chi connectivity index (χ0) is 22.2. The third-order valence-corrected chi connectivity index (χ3v) is 8.30. The summed E-state index contributed by atoms with van der Waals surface area (Å²) in [5.74, 6) is -1.16. The zero-order valence-electron chi connectivity index (χ0n) is 16.9. The summed E-state index contributed by atoms with van der Waals surface area (Å²) in [6.45, 7) is 0.950. The van der Waals surface area contributed by atoms with Crippen molar-refractivity contribution in [2.24, 2.45) is 11.8 Å². The minimum atomic E-state index is -3.68. The van der Waals surface area contributed by atoms with Gasteiger partial charge in [-0.3, -0.25) is 19.3 Å². The summed E-state index contributed by atoms with van der Waals surface area (Å²) in [5.41, 5.74) is 0. The predicted molar refractivity (Wildman–Crippen MR) is 113 cm³/mol. The van der Waals surface area contributed by atoms with Gasteiger partial charge in [0, 0.05) is 44.2 Å². The van der Waals surface area contributed by atoms with Gasteiger partial charge in [-0.05, 0) is 31.0 Å². The molecule has 2 heterocycles. The molecule has 4 rings (SSSR count). The number of carbonyl (C=O) groups excluding carboxylic acids is 3. The van der Waals surface area contributed by atoms with Crippen molar-refractivity contribution in [3.05, 3.63) is 41.4 Å². The Kier molecular flexibility index (Phi) is 6.18. The first-order chi connectivity index (χ1) is 14.8. The van der Waals surface area contributed by atoms with Gasteiger partial charge in [0.1, 0.15) is 0 Å². The normalized spacial score (nSPS) is 24.5. The van der Waals surface area contributed by atoms with Crippen LogP contribution in [0.25, 0.3) is 0 Å². The number of rotatable bonds is 5. The molecule has 1 aromatic rings. The molecule has 0 radical (unpaired) electrons. The van der Waals surface area contributed by atoms with Crippen LogP contribution in [0, 0.1) is 11.8 Å². The minimum Gasteiger partial charge on any atom is -0.340 e. The third kappa shape index (κ3) is 4.26. The Balaban J connectivity index is 1.31. The number of imide groups is 1. The van der Waals surface area contributed by atoms with Gasteiger partial charge in [-0.25, -0.2) is 8.42 Å². The number of halogens is 1. The molecule has 3 aliphatic rings. The monoisotopic (exact) mass is 465 g/mol. The van der Waals surface area contributed by atoms with Gasteiger partial charge in [-0.15, -0.1) is 0 Å².